The summed E-state index contributed by atoms with van der Waals surface area (Å²) in [5.74, 6) is -0.159. The SMILES string of the molecule is COCCCN(C)C1(C(=O)O)CCCC(C)C1. The summed E-state index contributed by atoms with van der Waals surface area (Å²) in [7, 11) is 3.61. The molecule has 100 valence electrons. The van der Waals surface area contributed by atoms with Crippen LogP contribution in [0, 0.1) is 5.92 Å². The Hall–Kier alpha value is -0.610. The van der Waals surface area contributed by atoms with Gasteiger partial charge >= 0.3 is 5.97 Å². The van der Waals surface area contributed by atoms with Crippen molar-refractivity contribution in [2.24, 2.45) is 5.92 Å². The number of nitrogens with zero attached hydrogens (tertiary/aromatic N) is 1. The van der Waals surface area contributed by atoms with E-state index in [-0.39, 0.29) is 0 Å². The van der Waals surface area contributed by atoms with Crippen molar-refractivity contribution in [1.29, 1.82) is 0 Å². The number of hydrogen-bond acceptors (Lipinski definition) is 3. The first-order valence-electron chi connectivity index (χ1n) is 6.46. The molecule has 0 aromatic carbocycles. The minimum Gasteiger partial charge on any atom is -0.480 e. The van der Waals surface area contributed by atoms with Crippen LogP contribution in [0.25, 0.3) is 0 Å². The molecule has 1 aliphatic rings. The summed E-state index contributed by atoms with van der Waals surface area (Å²) in [5.41, 5.74) is -0.647. The van der Waals surface area contributed by atoms with Crippen LogP contribution in [-0.4, -0.2) is 48.8 Å². The summed E-state index contributed by atoms with van der Waals surface area (Å²) < 4.78 is 5.02. The second-order valence-electron chi connectivity index (χ2n) is 5.31. The van der Waals surface area contributed by atoms with Crippen LogP contribution in [0.3, 0.4) is 0 Å². The molecule has 4 heteroatoms. The first-order chi connectivity index (χ1) is 8.03. The van der Waals surface area contributed by atoms with Crippen LogP contribution in [-0.2, 0) is 9.53 Å². The van der Waals surface area contributed by atoms with Gasteiger partial charge in [-0.3, -0.25) is 9.69 Å². The third-order valence-electron chi connectivity index (χ3n) is 3.94. The molecule has 1 fully saturated rings. The van der Waals surface area contributed by atoms with E-state index >= 15 is 0 Å². The Morgan fingerprint density at radius 3 is 2.82 bits per heavy atom. The lowest BCUT2D eigenvalue weighted by Gasteiger charge is -2.43. The minimum absolute atomic E-state index is 0.504. The zero-order valence-electron chi connectivity index (χ0n) is 11.2. The van der Waals surface area contributed by atoms with E-state index in [0.29, 0.717) is 12.5 Å². The number of carboxylic acids is 1. The fourth-order valence-electron chi connectivity index (χ4n) is 2.89. The maximum absolute atomic E-state index is 11.6. The fraction of sp³-hybridized carbons (Fsp3) is 0.923. The number of hydrogen-bond donors (Lipinski definition) is 1. The molecule has 0 amide bonds. The maximum Gasteiger partial charge on any atom is 0.324 e. The highest BCUT2D eigenvalue weighted by molar-refractivity contribution is 5.79. The van der Waals surface area contributed by atoms with Crippen molar-refractivity contribution in [2.75, 3.05) is 27.3 Å². The topological polar surface area (TPSA) is 49.8 Å². The van der Waals surface area contributed by atoms with Gasteiger partial charge in [0.15, 0.2) is 0 Å². The lowest BCUT2D eigenvalue weighted by atomic mass is 9.75. The third-order valence-corrected chi connectivity index (χ3v) is 3.94. The van der Waals surface area contributed by atoms with Gasteiger partial charge in [0.1, 0.15) is 5.54 Å². The van der Waals surface area contributed by atoms with Crippen molar-refractivity contribution in [3.05, 3.63) is 0 Å². The van der Waals surface area contributed by atoms with E-state index in [1.54, 1.807) is 7.11 Å². The first kappa shape index (κ1) is 14.5. The van der Waals surface area contributed by atoms with Crippen molar-refractivity contribution in [3.63, 3.8) is 0 Å². The molecule has 0 heterocycles. The van der Waals surface area contributed by atoms with Crippen molar-refractivity contribution in [3.8, 4) is 0 Å². The summed E-state index contributed by atoms with van der Waals surface area (Å²) in [4.78, 5) is 13.6. The molecular weight excluding hydrogens is 218 g/mol. The molecule has 2 atom stereocenters. The van der Waals surface area contributed by atoms with Crippen molar-refractivity contribution < 1.29 is 14.6 Å². The number of aliphatic carboxylic acids is 1. The third kappa shape index (κ3) is 3.42. The van der Waals surface area contributed by atoms with Crippen LogP contribution in [0.4, 0.5) is 0 Å². The molecule has 1 saturated carbocycles. The summed E-state index contributed by atoms with van der Waals surface area (Å²) in [5, 5.41) is 9.56. The van der Waals surface area contributed by atoms with Gasteiger partial charge < -0.3 is 9.84 Å². The number of carbonyl (C=O) groups is 1. The fourth-order valence-corrected chi connectivity index (χ4v) is 2.89. The Bertz CT molecular complexity index is 257. The van der Waals surface area contributed by atoms with Gasteiger partial charge in [-0.2, -0.15) is 0 Å². The largest absolute Gasteiger partial charge is 0.480 e. The standard InChI is InChI=1S/C13H25NO3/c1-11-6-4-7-13(10-11,12(15)16)14(2)8-5-9-17-3/h11H,4-10H2,1-3H3,(H,15,16). The summed E-state index contributed by atoms with van der Waals surface area (Å²) >= 11 is 0. The molecule has 0 aromatic rings. The van der Waals surface area contributed by atoms with Crippen LogP contribution in [0.1, 0.15) is 39.0 Å². The summed E-state index contributed by atoms with van der Waals surface area (Å²) in [6.07, 6.45) is 4.60. The van der Waals surface area contributed by atoms with Gasteiger partial charge in [-0.15, -0.1) is 0 Å². The lowest BCUT2D eigenvalue weighted by molar-refractivity contribution is -0.154. The first-order valence-corrected chi connectivity index (χ1v) is 6.46. The number of ether oxygens (including phenoxy) is 1. The Labute approximate surface area is 104 Å². The van der Waals surface area contributed by atoms with Crippen LogP contribution in [0.15, 0.2) is 0 Å². The highest BCUT2D eigenvalue weighted by Crippen LogP contribution is 2.36. The van der Waals surface area contributed by atoms with E-state index in [4.69, 9.17) is 4.74 Å². The van der Waals surface area contributed by atoms with Crippen LogP contribution < -0.4 is 0 Å². The van der Waals surface area contributed by atoms with Gasteiger partial charge in [-0.25, -0.2) is 0 Å². The van der Waals surface area contributed by atoms with Gasteiger partial charge in [0, 0.05) is 20.3 Å². The minimum atomic E-state index is -0.663. The molecule has 0 saturated heterocycles. The second kappa shape index (κ2) is 6.36. The number of likely N-dealkylation sites (N-methyl/N-ethyl adjacent to an activating group) is 1. The molecule has 1 N–H and O–H groups in total. The molecule has 0 spiro atoms. The quantitative estimate of drug-likeness (QED) is 0.725. The van der Waals surface area contributed by atoms with Crippen molar-refractivity contribution in [1.82, 2.24) is 4.90 Å². The van der Waals surface area contributed by atoms with Gasteiger partial charge in [0.05, 0.1) is 0 Å². The molecule has 1 aliphatic carbocycles. The maximum atomic E-state index is 11.6. The van der Waals surface area contributed by atoms with E-state index in [1.165, 1.54) is 0 Å². The average molecular weight is 243 g/mol. The van der Waals surface area contributed by atoms with E-state index in [2.05, 4.69) is 6.92 Å². The summed E-state index contributed by atoms with van der Waals surface area (Å²) in [6, 6.07) is 0. The number of carboxylic acid groups (broad SMARTS) is 1. The molecule has 0 aromatic heterocycles. The van der Waals surface area contributed by atoms with Gasteiger partial charge in [0.2, 0.25) is 0 Å². The smallest absolute Gasteiger partial charge is 0.324 e. The van der Waals surface area contributed by atoms with Crippen LogP contribution in [0.5, 0.6) is 0 Å². The van der Waals surface area contributed by atoms with Crippen LogP contribution >= 0.6 is 0 Å². The molecular formula is C13H25NO3. The molecule has 1 rings (SSSR count). The van der Waals surface area contributed by atoms with Crippen molar-refractivity contribution >= 4 is 5.97 Å². The molecule has 17 heavy (non-hydrogen) atoms. The Balaban J connectivity index is 2.66. The molecule has 0 aliphatic heterocycles. The normalized spacial score (nSPS) is 29.5. The zero-order valence-corrected chi connectivity index (χ0v) is 11.2. The van der Waals surface area contributed by atoms with Crippen molar-refractivity contribution in [2.45, 2.75) is 44.6 Å². The Morgan fingerprint density at radius 2 is 2.29 bits per heavy atom. The lowest BCUT2D eigenvalue weighted by Crippen LogP contribution is -2.55. The summed E-state index contributed by atoms with van der Waals surface area (Å²) in [6.45, 7) is 3.63. The highest BCUT2D eigenvalue weighted by Gasteiger charge is 2.44. The van der Waals surface area contributed by atoms with E-state index in [0.717, 1.165) is 38.6 Å². The highest BCUT2D eigenvalue weighted by atomic mass is 16.5. The monoisotopic (exact) mass is 243 g/mol. The van der Waals surface area contributed by atoms with Gasteiger partial charge in [0.25, 0.3) is 0 Å². The predicted octanol–water partition coefficient (Wildman–Crippen LogP) is 1.99. The molecule has 2 unspecified atom stereocenters. The van der Waals surface area contributed by atoms with E-state index in [1.807, 2.05) is 11.9 Å². The van der Waals surface area contributed by atoms with Gasteiger partial charge in [-0.05, 0) is 32.2 Å². The van der Waals surface area contributed by atoms with Crippen LogP contribution in [0.2, 0.25) is 0 Å². The molecule has 0 bridgehead atoms. The average Bonchev–Trinajstić information content (AvgIpc) is 2.28. The zero-order chi connectivity index (χ0) is 12.9. The Kier molecular flexibility index (Phi) is 5.40. The Morgan fingerprint density at radius 1 is 1.59 bits per heavy atom. The van der Waals surface area contributed by atoms with Gasteiger partial charge in [-0.1, -0.05) is 19.8 Å². The molecule has 4 nitrogen and oxygen atoms in total. The number of methoxy groups -OCH3 is 1. The number of rotatable bonds is 6. The molecule has 0 radical (unpaired) electrons. The second-order valence-corrected chi connectivity index (χ2v) is 5.31. The van der Waals surface area contributed by atoms with E-state index in [9.17, 15) is 9.90 Å². The predicted molar refractivity (Wildman–Crippen MR) is 67.1 cm³/mol. The van der Waals surface area contributed by atoms with E-state index < -0.39 is 11.5 Å².